The fourth-order valence-corrected chi connectivity index (χ4v) is 4.41. The molecule has 0 aliphatic rings. The first-order valence-electron chi connectivity index (χ1n) is 11.7. The van der Waals surface area contributed by atoms with Crippen LogP contribution in [0.15, 0.2) is 57.0 Å². The second-order valence-electron chi connectivity index (χ2n) is 8.91. The maximum absolute atomic E-state index is 14.2. The van der Waals surface area contributed by atoms with Crippen molar-refractivity contribution in [1.29, 1.82) is 5.26 Å². The second-order valence-corrected chi connectivity index (χ2v) is 9.32. The van der Waals surface area contributed by atoms with Crippen LogP contribution in [0.5, 0.6) is 0 Å². The maximum Gasteiger partial charge on any atom is 0.355 e. The summed E-state index contributed by atoms with van der Waals surface area (Å²) in [6.07, 6.45) is 1.40. The Bertz CT molecular complexity index is 2040. The first kappa shape index (κ1) is 26.5. The Kier molecular flexibility index (Phi) is 6.78. The third-order valence-electron chi connectivity index (χ3n) is 6.37. The molecule has 5 aromatic rings. The number of fused-ring (bicyclic) bond motifs is 1. The molecule has 3 aromatic heterocycles. The molecule has 0 spiro atoms. The van der Waals surface area contributed by atoms with E-state index in [9.17, 15) is 28.4 Å². The highest BCUT2D eigenvalue weighted by Gasteiger charge is 2.19. The lowest BCUT2D eigenvalue weighted by Gasteiger charge is -2.17. The van der Waals surface area contributed by atoms with Crippen molar-refractivity contribution in [2.24, 2.45) is 7.05 Å². The number of hydrogen-bond acceptors (Lipinski definition) is 7. The minimum absolute atomic E-state index is 0.0500. The van der Waals surface area contributed by atoms with Crippen LogP contribution in [0, 0.1) is 29.9 Å². The quantitative estimate of drug-likeness (QED) is 0.323. The molecule has 0 saturated heterocycles. The standard InChI is InChI=1S/C26H19ClF2N8O3/c1-13-32-20-8-17(27)19(9-21(20)35(13)2)33-24-34-25(39)37(12-15-4-3-5-31-23(15)38)26(40)36(24)11-14-6-16(10-30)22(29)18(28)7-14/h3-9H,11-12H2,1-2H3,(H,31,38)(H,33,34,39). The first-order valence-corrected chi connectivity index (χ1v) is 12.1. The van der Waals surface area contributed by atoms with Crippen LogP contribution in [0.25, 0.3) is 11.0 Å². The van der Waals surface area contributed by atoms with Gasteiger partial charge in [0.25, 0.3) is 5.56 Å². The van der Waals surface area contributed by atoms with Gasteiger partial charge in [0.1, 0.15) is 11.9 Å². The van der Waals surface area contributed by atoms with Crippen molar-refractivity contribution in [2.75, 3.05) is 5.32 Å². The molecule has 3 heterocycles. The fourth-order valence-electron chi connectivity index (χ4n) is 4.20. The molecule has 2 N–H and O–H groups in total. The summed E-state index contributed by atoms with van der Waals surface area (Å²) in [5, 5.41) is 12.3. The normalized spacial score (nSPS) is 11.1. The second kappa shape index (κ2) is 10.2. The summed E-state index contributed by atoms with van der Waals surface area (Å²) in [5.41, 5.74) is -1.15. The Morgan fingerprint density at radius 1 is 1.10 bits per heavy atom. The molecule has 5 rings (SSSR count). The SMILES string of the molecule is Cc1nc2cc(Cl)c(Nc3nc(=O)n(Cc4ccc[nH]c4=O)c(=O)n3Cc3cc(F)c(F)c(C#N)c3)cc2n1C. The summed E-state index contributed by atoms with van der Waals surface area (Å²) in [4.78, 5) is 49.8. The van der Waals surface area contributed by atoms with Gasteiger partial charge in [0.15, 0.2) is 11.6 Å². The van der Waals surface area contributed by atoms with Crippen LogP contribution in [0.4, 0.5) is 20.4 Å². The van der Waals surface area contributed by atoms with Gasteiger partial charge in [-0.05, 0) is 42.8 Å². The van der Waals surface area contributed by atoms with Crippen molar-refractivity contribution in [1.82, 2.24) is 28.7 Å². The number of halogens is 3. The number of H-pyrrole nitrogens is 1. The van der Waals surface area contributed by atoms with Gasteiger partial charge in [0.2, 0.25) is 5.95 Å². The highest BCUT2D eigenvalue weighted by molar-refractivity contribution is 6.34. The van der Waals surface area contributed by atoms with E-state index in [0.717, 1.165) is 27.1 Å². The van der Waals surface area contributed by atoms with Gasteiger partial charge >= 0.3 is 11.4 Å². The fraction of sp³-hybridized carbons (Fsp3) is 0.154. The Hall–Kier alpha value is -5.09. The maximum atomic E-state index is 14.2. The zero-order valence-corrected chi connectivity index (χ0v) is 21.8. The molecular weight excluding hydrogens is 546 g/mol. The molecule has 2 aromatic carbocycles. The summed E-state index contributed by atoms with van der Waals surface area (Å²) >= 11 is 6.46. The van der Waals surface area contributed by atoms with Crippen LogP contribution in [0.1, 0.15) is 22.5 Å². The van der Waals surface area contributed by atoms with E-state index in [4.69, 9.17) is 11.6 Å². The number of benzene rings is 2. The average Bonchev–Trinajstić information content (AvgIpc) is 3.19. The van der Waals surface area contributed by atoms with Gasteiger partial charge in [0, 0.05) is 18.8 Å². The predicted octanol–water partition coefficient (Wildman–Crippen LogP) is 2.93. The molecule has 202 valence electrons. The molecule has 0 radical (unpaired) electrons. The Morgan fingerprint density at radius 2 is 1.88 bits per heavy atom. The molecule has 0 atom stereocenters. The number of rotatable bonds is 6. The number of anilines is 2. The van der Waals surface area contributed by atoms with E-state index >= 15 is 0 Å². The number of aromatic amines is 1. The van der Waals surface area contributed by atoms with Crippen LogP contribution < -0.4 is 22.3 Å². The zero-order chi connectivity index (χ0) is 28.7. The Labute approximate surface area is 228 Å². The molecule has 0 bridgehead atoms. The van der Waals surface area contributed by atoms with Crippen LogP contribution >= 0.6 is 11.6 Å². The number of nitrogens with zero attached hydrogens (tertiary/aromatic N) is 6. The van der Waals surface area contributed by atoms with E-state index in [0.29, 0.717) is 11.0 Å². The number of aromatic nitrogens is 6. The van der Waals surface area contributed by atoms with E-state index in [1.54, 1.807) is 25.2 Å². The van der Waals surface area contributed by atoms with Gasteiger partial charge in [-0.15, -0.1) is 0 Å². The molecule has 0 amide bonds. The predicted molar refractivity (Wildman–Crippen MR) is 143 cm³/mol. The van der Waals surface area contributed by atoms with E-state index in [1.165, 1.54) is 18.3 Å². The van der Waals surface area contributed by atoms with E-state index in [-0.39, 0.29) is 27.8 Å². The average molecular weight is 565 g/mol. The molecule has 0 unspecified atom stereocenters. The lowest BCUT2D eigenvalue weighted by molar-refractivity contribution is 0.503. The molecule has 0 aliphatic carbocycles. The first-order chi connectivity index (χ1) is 19.1. The summed E-state index contributed by atoms with van der Waals surface area (Å²) in [7, 11) is 1.80. The van der Waals surface area contributed by atoms with Gasteiger partial charge < -0.3 is 14.9 Å². The number of pyridine rings is 1. The summed E-state index contributed by atoms with van der Waals surface area (Å²) < 4.78 is 31.8. The molecule has 14 heteroatoms. The lowest BCUT2D eigenvalue weighted by atomic mass is 10.1. The van der Waals surface area contributed by atoms with Crippen molar-refractivity contribution in [3.05, 3.63) is 113 Å². The van der Waals surface area contributed by atoms with Gasteiger partial charge in [-0.1, -0.05) is 17.7 Å². The third kappa shape index (κ3) is 4.76. The topological polar surface area (TPSA) is 143 Å². The third-order valence-corrected chi connectivity index (χ3v) is 6.68. The van der Waals surface area contributed by atoms with Crippen molar-refractivity contribution < 1.29 is 8.78 Å². The van der Waals surface area contributed by atoms with Gasteiger partial charge in [-0.25, -0.2) is 27.9 Å². The van der Waals surface area contributed by atoms with E-state index < -0.39 is 47.2 Å². The van der Waals surface area contributed by atoms with Crippen molar-refractivity contribution in [3.63, 3.8) is 0 Å². The number of nitriles is 1. The Balaban J connectivity index is 1.68. The minimum Gasteiger partial charge on any atom is -0.331 e. The monoisotopic (exact) mass is 564 g/mol. The number of nitrogens with one attached hydrogen (secondary N) is 2. The van der Waals surface area contributed by atoms with Crippen LogP contribution in [-0.4, -0.2) is 28.7 Å². The molecular formula is C26H19ClF2N8O3. The lowest BCUT2D eigenvalue weighted by Crippen LogP contribution is -2.43. The number of imidazole rings is 1. The van der Waals surface area contributed by atoms with E-state index in [2.05, 4.69) is 20.3 Å². The summed E-state index contributed by atoms with van der Waals surface area (Å²) in [5.74, 6) is -2.14. The van der Waals surface area contributed by atoms with Gasteiger partial charge in [-0.2, -0.15) is 10.2 Å². The number of aryl methyl sites for hydroxylation is 2. The highest BCUT2D eigenvalue weighted by atomic mass is 35.5. The molecule has 0 saturated carbocycles. The largest absolute Gasteiger partial charge is 0.355 e. The molecule has 11 nitrogen and oxygen atoms in total. The van der Waals surface area contributed by atoms with Gasteiger partial charge in [0.05, 0.1) is 40.4 Å². The van der Waals surface area contributed by atoms with Crippen LogP contribution in [0.3, 0.4) is 0 Å². The highest BCUT2D eigenvalue weighted by Crippen LogP contribution is 2.30. The van der Waals surface area contributed by atoms with E-state index in [1.807, 2.05) is 11.5 Å². The van der Waals surface area contributed by atoms with Crippen molar-refractivity contribution >= 4 is 34.3 Å². The van der Waals surface area contributed by atoms with Crippen LogP contribution in [0.2, 0.25) is 5.02 Å². The summed E-state index contributed by atoms with van der Waals surface area (Å²) in [6, 6.07) is 9.73. The Morgan fingerprint density at radius 3 is 2.60 bits per heavy atom. The van der Waals surface area contributed by atoms with Crippen LogP contribution in [-0.2, 0) is 20.1 Å². The molecule has 40 heavy (non-hydrogen) atoms. The summed E-state index contributed by atoms with van der Waals surface area (Å²) in [6.45, 7) is 1.01. The zero-order valence-electron chi connectivity index (χ0n) is 21.0. The minimum atomic E-state index is -1.32. The van der Waals surface area contributed by atoms with Crippen molar-refractivity contribution in [2.45, 2.75) is 20.0 Å². The number of hydrogen-bond donors (Lipinski definition) is 2. The smallest absolute Gasteiger partial charge is 0.331 e. The van der Waals surface area contributed by atoms with Gasteiger partial charge in [-0.3, -0.25) is 9.36 Å². The molecule has 0 fully saturated rings. The van der Waals surface area contributed by atoms with Crippen molar-refractivity contribution in [3.8, 4) is 6.07 Å². The molecule has 0 aliphatic heterocycles.